The molecule has 1 atom stereocenters. The van der Waals surface area contributed by atoms with Gasteiger partial charge in [-0.1, -0.05) is 19.1 Å². The predicted molar refractivity (Wildman–Crippen MR) is 94.9 cm³/mol. The molecule has 0 saturated carbocycles. The summed E-state index contributed by atoms with van der Waals surface area (Å²) < 4.78 is 0. The van der Waals surface area contributed by atoms with E-state index in [9.17, 15) is 10.1 Å². The van der Waals surface area contributed by atoms with Crippen molar-refractivity contribution in [3.05, 3.63) is 39.9 Å². The van der Waals surface area contributed by atoms with Crippen molar-refractivity contribution in [2.24, 2.45) is 4.99 Å². The summed E-state index contributed by atoms with van der Waals surface area (Å²) in [6.45, 7) is 7.97. The second-order valence-electron chi connectivity index (χ2n) is 5.59. The molecule has 0 amide bonds. The topological polar surface area (TPSA) is 79.6 Å². The first kappa shape index (κ1) is 18.9. The number of rotatable bonds is 9. The molecule has 0 heterocycles. The van der Waals surface area contributed by atoms with E-state index in [1.165, 1.54) is 0 Å². The molecule has 0 spiro atoms. The quantitative estimate of drug-likeness (QED) is 0.241. The zero-order chi connectivity index (χ0) is 17.1. The summed E-state index contributed by atoms with van der Waals surface area (Å²) in [5, 5.41) is 17.2. The van der Waals surface area contributed by atoms with Crippen LogP contribution < -0.4 is 10.6 Å². The van der Waals surface area contributed by atoms with Crippen molar-refractivity contribution in [2.45, 2.75) is 52.5 Å². The maximum atomic E-state index is 10.6. The molecule has 0 aliphatic rings. The molecule has 0 saturated heterocycles. The minimum absolute atomic E-state index is 0.143. The summed E-state index contributed by atoms with van der Waals surface area (Å²) in [5.74, 6) is 0.872. The molecule has 6 nitrogen and oxygen atoms in total. The highest BCUT2D eigenvalue weighted by molar-refractivity contribution is 5.79. The Balaban J connectivity index is 2.34. The summed E-state index contributed by atoms with van der Waals surface area (Å²) in [5.41, 5.74) is 1.27. The van der Waals surface area contributed by atoms with Crippen LogP contribution in [0.5, 0.6) is 0 Å². The SMILES string of the molecule is CCNC(=NCCCCc1ccc([N+](=O)[O-])cc1)NC(C)CC. The minimum atomic E-state index is -0.370. The molecule has 0 aliphatic heterocycles. The van der Waals surface area contributed by atoms with Crippen molar-refractivity contribution >= 4 is 11.6 Å². The Labute approximate surface area is 138 Å². The molecule has 1 aromatic carbocycles. The number of unbranched alkanes of at least 4 members (excludes halogenated alkanes) is 1. The molecule has 0 aromatic heterocycles. The predicted octanol–water partition coefficient (Wildman–Crippen LogP) is 3.27. The van der Waals surface area contributed by atoms with Crippen molar-refractivity contribution in [2.75, 3.05) is 13.1 Å². The van der Waals surface area contributed by atoms with Crippen molar-refractivity contribution in [3.63, 3.8) is 0 Å². The molecular weight excluding hydrogens is 292 g/mol. The molecule has 2 N–H and O–H groups in total. The standard InChI is InChI=1S/C17H28N4O2/c1-4-14(3)20-17(18-5-2)19-13-7-6-8-15-9-11-16(12-10-15)21(22)23/h9-12,14H,4-8,13H2,1-3H3,(H2,18,19,20). The van der Waals surface area contributed by atoms with Crippen LogP contribution >= 0.6 is 0 Å². The second-order valence-corrected chi connectivity index (χ2v) is 5.59. The first-order chi connectivity index (χ1) is 11.1. The number of aliphatic imine (C=N–C) groups is 1. The van der Waals surface area contributed by atoms with Crippen LogP contribution in [0.25, 0.3) is 0 Å². The lowest BCUT2D eigenvalue weighted by Crippen LogP contribution is -2.42. The van der Waals surface area contributed by atoms with Crippen LogP contribution in [0.2, 0.25) is 0 Å². The van der Waals surface area contributed by atoms with E-state index in [0.29, 0.717) is 6.04 Å². The van der Waals surface area contributed by atoms with E-state index in [-0.39, 0.29) is 10.6 Å². The molecule has 1 unspecified atom stereocenters. The van der Waals surface area contributed by atoms with Gasteiger partial charge in [0.15, 0.2) is 5.96 Å². The zero-order valence-corrected chi connectivity index (χ0v) is 14.3. The Morgan fingerprint density at radius 1 is 1.26 bits per heavy atom. The van der Waals surface area contributed by atoms with E-state index in [2.05, 4.69) is 36.4 Å². The summed E-state index contributed by atoms with van der Waals surface area (Å²) in [7, 11) is 0. The van der Waals surface area contributed by atoms with Crippen LogP contribution in [-0.4, -0.2) is 30.0 Å². The lowest BCUT2D eigenvalue weighted by molar-refractivity contribution is -0.384. The lowest BCUT2D eigenvalue weighted by atomic mass is 10.1. The van der Waals surface area contributed by atoms with Crippen molar-refractivity contribution in [3.8, 4) is 0 Å². The van der Waals surface area contributed by atoms with Gasteiger partial charge in [0, 0.05) is 31.3 Å². The van der Waals surface area contributed by atoms with Gasteiger partial charge in [-0.25, -0.2) is 0 Å². The summed E-state index contributed by atoms with van der Waals surface area (Å²) in [6, 6.07) is 7.19. The first-order valence-electron chi connectivity index (χ1n) is 8.35. The number of non-ortho nitro benzene ring substituents is 1. The fourth-order valence-electron chi connectivity index (χ4n) is 2.07. The van der Waals surface area contributed by atoms with Gasteiger partial charge in [-0.05, 0) is 45.1 Å². The van der Waals surface area contributed by atoms with E-state index in [1.807, 2.05) is 12.1 Å². The molecular formula is C17H28N4O2. The van der Waals surface area contributed by atoms with Gasteiger partial charge in [0.2, 0.25) is 0 Å². The first-order valence-corrected chi connectivity index (χ1v) is 8.35. The highest BCUT2D eigenvalue weighted by atomic mass is 16.6. The summed E-state index contributed by atoms with van der Waals surface area (Å²) >= 11 is 0. The molecule has 0 fully saturated rings. The Hall–Kier alpha value is -2.11. The van der Waals surface area contributed by atoms with Crippen LogP contribution in [-0.2, 0) is 6.42 Å². The second kappa shape index (κ2) is 10.6. The number of guanidine groups is 1. The fraction of sp³-hybridized carbons (Fsp3) is 0.588. The third kappa shape index (κ3) is 7.63. The Morgan fingerprint density at radius 3 is 2.52 bits per heavy atom. The van der Waals surface area contributed by atoms with Crippen molar-refractivity contribution in [1.29, 1.82) is 0 Å². The molecule has 1 aromatic rings. The largest absolute Gasteiger partial charge is 0.357 e. The van der Waals surface area contributed by atoms with Crippen molar-refractivity contribution in [1.82, 2.24) is 10.6 Å². The highest BCUT2D eigenvalue weighted by Crippen LogP contribution is 2.13. The Kier molecular flexibility index (Phi) is 8.72. The third-order valence-corrected chi connectivity index (χ3v) is 3.63. The Morgan fingerprint density at radius 2 is 1.96 bits per heavy atom. The van der Waals surface area contributed by atoms with E-state index in [0.717, 1.165) is 50.3 Å². The minimum Gasteiger partial charge on any atom is -0.357 e. The number of nitrogens with zero attached hydrogens (tertiary/aromatic N) is 2. The summed E-state index contributed by atoms with van der Waals surface area (Å²) in [6.07, 6.45) is 3.99. The van der Waals surface area contributed by atoms with E-state index in [4.69, 9.17) is 0 Å². The van der Waals surface area contributed by atoms with Gasteiger partial charge in [-0.2, -0.15) is 0 Å². The van der Waals surface area contributed by atoms with Gasteiger partial charge in [0.1, 0.15) is 0 Å². The average Bonchev–Trinajstić information content (AvgIpc) is 2.54. The molecule has 6 heteroatoms. The summed E-state index contributed by atoms with van der Waals surface area (Å²) in [4.78, 5) is 14.8. The van der Waals surface area contributed by atoms with Gasteiger partial charge in [0.25, 0.3) is 5.69 Å². The molecule has 0 bridgehead atoms. The number of nitrogens with one attached hydrogen (secondary N) is 2. The maximum absolute atomic E-state index is 10.6. The van der Waals surface area contributed by atoms with Crippen LogP contribution in [0.3, 0.4) is 0 Å². The normalized spacial score (nSPS) is 12.7. The molecule has 0 aliphatic carbocycles. The lowest BCUT2D eigenvalue weighted by Gasteiger charge is -2.16. The number of hydrogen-bond acceptors (Lipinski definition) is 3. The third-order valence-electron chi connectivity index (χ3n) is 3.63. The van der Waals surface area contributed by atoms with Crippen LogP contribution in [0.4, 0.5) is 5.69 Å². The van der Waals surface area contributed by atoms with Gasteiger partial charge in [-0.15, -0.1) is 0 Å². The monoisotopic (exact) mass is 320 g/mol. The smallest absolute Gasteiger partial charge is 0.269 e. The van der Waals surface area contributed by atoms with Crippen LogP contribution in [0.1, 0.15) is 45.6 Å². The number of benzene rings is 1. The van der Waals surface area contributed by atoms with Gasteiger partial charge < -0.3 is 10.6 Å². The number of nitro benzene ring substituents is 1. The van der Waals surface area contributed by atoms with Crippen LogP contribution in [0, 0.1) is 10.1 Å². The number of aryl methyl sites for hydroxylation is 1. The number of hydrogen-bond donors (Lipinski definition) is 2. The van der Waals surface area contributed by atoms with Crippen LogP contribution in [0.15, 0.2) is 29.3 Å². The maximum Gasteiger partial charge on any atom is 0.269 e. The molecule has 128 valence electrons. The molecule has 0 radical (unpaired) electrons. The van der Waals surface area contributed by atoms with Gasteiger partial charge in [0.05, 0.1) is 4.92 Å². The van der Waals surface area contributed by atoms with Gasteiger partial charge >= 0.3 is 0 Å². The van der Waals surface area contributed by atoms with Crippen molar-refractivity contribution < 1.29 is 4.92 Å². The zero-order valence-electron chi connectivity index (χ0n) is 14.3. The Bertz CT molecular complexity index is 500. The van der Waals surface area contributed by atoms with E-state index >= 15 is 0 Å². The van der Waals surface area contributed by atoms with E-state index in [1.54, 1.807) is 12.1 Å². The number of nitro groups is 1. The van der Waals surface area contributed by atoms with Gasteiger partial charge in [-0.3, -0.25) is 15.1 Å². The molecule has 23 heavy (non-hydrogen) atoms. The average molecular weight is 320 g/mol. The fourth-order valence-corrected chi connectivity index (χ4v) is 2.07. The molecule has 1 rings (SSSR count). The highest BCUT2D eigenvalue weighted by Gasteiger charge is 2.04. The van der Waals surface area contributed by atoms with E-state index < -0.39 is 0 Å².